The number of nitrogens with zero attached hydrogens (tertiary/aromatic N) is 1. The first-order valence-electron chi connectivity index (χ1n) is 5.36. The monoisotopic (exact) mass is 203 g/mol. The van der Waals surface area contributed by atoms with Gasteiger partial charge in [-0.05, 0) is 38.0 Å². The van der Waals surface area contributed by atoms with Crippen molar-refractivity contribution < 1.29 is 0 Å². The summed E-state index contributed by atoms with van der Waals surface area (Å²) >= 11 is 0. The predicted octanol–water partition coefficient (Wildman–Crippen LogP) is 2.15. The first kappa shape index (κ1) is 10.2. The standard InChI is InChI=1S/C12H17N3/c1-8-3-5-10-11(7-8)15-12(14-10)6-4-9(2)13/h3,5,7,9H,4,6,13H2,1-2H3,(H,14,15). The van der Waals surface area contributed by atoms with Gasteiger partial charge in [-0.2, -0.15) is 0 Å². The van der Waals surface area contributed by atoms with E-state index in [0.29, 0.717) is 0 Å². The third kappa shape index (κ3) is 2.36. The Bertz CT molecular complexity index is 457. The van der Waals surface area contributed by atoms with Crippen LogP contribution >= 0.6 is 0 Å². The van der Waals surface area contributed by atoms with Gasteiger partial charge >= 0.3 is 0 Å². The molecule has 1 unspecified atom stereocenters. The first-order chi connectivity index (χ1) is 7.15. The lowest BCUT2D eigenvalue weighted by atomic mass is 10.2. The number of imidazole rings is 1. The quantitative estimate of drug-likeness (QED) is 0.803. The molecule has 0 aliphatic heterocycles. The second-order valence-electron chi connectivity index (χ2n) is 4.22. The van der Waals surface area contributed by atoms with Gasteiger partial charge in [0.05, 0.1) is 11.0 Å². The largest absolute Gasteiger partial charge is 0.342 e. The van der Waals surface area contributed by atoms with Gasteiger partial charge in [-0.1, -0.05) is 6.07 Å². The minimum atomic E-state index is 0.236. The molecule has 3 nitrogen and oxygen atoms in total. The van der Waals surface area contributed by atoms with E-state index in [1.54, 1.807) is 0 Å². The lowest BCUT2D eigenvalue weighted by molar-refractivity contribution is 0.652. The zero-order valence-electron chi connectivity index (χ0n) is 9.25. The van der Waals surface area contributed by atoms with E-state index < -0.39 is 0 Å². The molecule has 0 radical (unpaired) electrons. The van der Waals surface area contributed by atoms with Gasteiger partial charge in [0, 0.05) is 12.5 Å². The van der Waals surface area contributed by atoms with Crippen molar-refractivity contribution in [3.05, 3.63) is 29.6 Å². The maximum absolute atomic E-state index is 5.72. The van der Waals surface area contributed by atoms with Crippen LogP contribution in [-0.2, 0) is 6.42 Å². The fourth-order valence-corrected chi connectivity index (χ4v) is 1.66. The predicted molar refractivity (Wildman–Crippen MR) is 62.8 cm³/mol. The van der Waals surface area contributed by atoms with E-state index in [4.69, 9.17) is 5.73 Å². The van der Waals surface area contributed by atoms with Crippen LogP contribution in [0.2, 0.25) is 0 Å². The van der Waals surface area contributed by atoms with Gasteiger partial charge in [-0.3, -0.25) is 0 Å². The summed E-state index contributed by atoms with van der Waals surface area (Å²) in [5, 5.41) is 0. The Morgan fingerprint density at radius 2 is 2.27 bits per heavy atom. The molecule has 1 atom stereocenters. The number of hydrogen-bond donors (Lipinski definition) is 2. The normalized spacial score (nSPS) is 13.3. The number of H-pyrrole nitrogens is 1. The molecule has 0 saturated heterocycles. The van der Waals surface area contributed by atoms with Gasteiger partial charge in [0.2, 0.25) is 0 Å². The number of benzene rings is 1. The van der Waals surface area contributed by atoms with Crippen molar-refractivity contribution in [2.45, 2.75) is 32.7 Å². The van der Waals surface area contributed by atoms with E-state index in [0.717, 1.165) is 29.7 Å². The molecule has 1 heterocycles. The Balaban J connectivity index is 2.23. The molecular weight excluding hydrogens is 186 g/mol. The first-order valence-corrected chi connectivity index (χ1v) is 5.36. The number of nitrogens with one attached hydrogen (secondary N) is 1. The molecule has 1 aromatic heterocycles. The molecule has 0 spiro atoms. The van der Waals surface area contributed by atoms with E-state index in [1.807, 2.05) is 6.92 Å². The molecule has 3 heteroatoms. The molecule has 0 bridgehead atoms. The zero-order chi connectivity index (χ0) is 10.8. The van der Waals surface area contributed by atoms with Gasteiger partial charge in [-0.15, -0.1) is 0 Å². The highest BCUT2D eigenvalue weighted by Gasteiger charge is 2.03. The van der Waals surface area contributed by atoms with Crippen LogP contribution in [-0.4, -0.2) is 16.0 Å². The third-order valence-corrected chi connectivity index (χ3v) is 2.52. The highest BCUT2D eigenvalue weighted by Crippen LogP contribution is 2.14. The molecule has 2 aromatic rings. The molecule has 0 saturated carbocycles. The van der Waals surface area contributed by atoms with E-state index in [1.165, 1.54) is 5.56 Å². The molecule has 0 amide bonds. The second kappa shape index (κ2) is 4.03. The number of fused-ring (bicyclic) bond motifs is 1. The van der Waals surface area contributed by atoms with Crippen LogP contribution in [0.3, 0.4) is 0 Å². The highest BCUT2D eigenvalue weighted by atomic mass is 14.9. The van der Waals surface area contributed by atoms with Crippen molar-refractivity contribution >= 4 is 11.0 Å². The minimum absolute atomic E-state index is 0.236. The van der Waals surface area contributed by atoms with Crippen molar-refractivity contribution in [1.29, 1.82) is 0 Å². The van der Waals surface area contributed by atoms with Crippen molar-refractivity contribution in [1.82, 2.24) is 9.97 Å². The van der Waals surface area contributed by atoms with E-state index in [2.05, 4.69) is 35.1 Å². The molecule has 0 aliphatic carbocycles. The van der Waals surface area contributed by atoms with Crippen LogP contribution in [0, 0.1) is 6.92 Å². The zero-order valence-corrected chi connectivity index (χ0v) is 9.25. The third-order valence-electron chi connectivity index (χ3n) is 2.52. The average Bonchev–Trinajstić information content (AvgIpc) is 2.56. The molecule has 80 valence electrons. The van der Waals surface area contributed by atoms with Crippen molar-refractivity contribution in [2.75, 3.05) is 0 Å². The maximum atomic E-state index is 5.72. The van der Waals surface area contributed by atoms with Gasteiger partial charge in [0.25, 0.3) is 0 Å². The van der Waals surface area contributed by atoms with Crippen molar-refractivity contribution in [3.63, 3.8) is 0 Å². The van der Waals surface area contributed by atoms with Crippen LogP contribution in [0.1, 0.15) is 24.7 Å². The number of aromatic amines is 1. The van der Waals surface area contributed by atoms with Crippen molar-refractivity contribution in [3.8, 4) is 0 Å². The lowest BCUT2D eigenvalue weighted by Crippen LogP contribution is -2.15. The van der Waals surface area contributed by atoms with Crippen molar-refractivity contribution in [2.24, 2.45) is 5.73 Å². The van der Waals surface area contributed by atoms with Gasteiger partial charge in [0.1, 0.15) is 5.82 Å². The summed E-state index contributed by atoms with van der Waals surface area (Å²) in [7, 11) is 0. The van der Waals surface area contributed by atoms with Gasteiger partial charge < -0.3 is 10.7 Å². The summed E-state index contributed by atoms with van der Waals surface area (Å²) in [6.07, 6.45) is 1.89. The molecule has 15 heavy (non-hydrogen) atoms. The van der Waals surface area contributed by atoms with Crippen LogP contribution in [0.15, 0.2) is 18.2 Å². The van der Waals surface area contributed by atoms with Crippen LogP contribution in [0.4, 0.5) is 0 Å². The summed E-state index contributed by atoms with van der Waals surface area (Å²) in [6.45, 7) is 4.11. The Kier molecular flexibility index (Phi) is 2.73. The van der Waals surface area contributed by atoms with E-state index in [9.17, 15) is 0 Å². The van der Waals surface area contributed by atoms with Crippen LogP contribution in [0.5, 0.6) is 0 Å². The Hall–Kier alpha value is -1.35. The minimum Gasteiger partial charge on any atom is -0.342 e. The number of aryl methyl sites for hydroxylation is 2. The lowest BCUT2D eigenvalue weighted by Gasteiger charge is -2.00. The fraction of sp³-hybridized carbons (Fsp3) is 0.417. The second-order valence-corrected chi connectivity index (χ2v) is 4.22. The average molecular weight is 203 g/mol. The molecule has 2 rings (SSSR count). The molecule has 1 aromatic carbocycles. The summed E-state index contributed by atoms with van der Waals surface area (Å²) in [6, 6.07) is 6.49. The summed E-state index contributed by atoms with van der Waals surface area (Å²) in [5.41, 5.74) is 9.13. The summed E-state index contributed by atoms with van der Waals surface area (Å²) in [5.74, 6) is 1.04. The van der Waals surface area contributed by atoms with E-state index in [-0.39, 0.29) is 6.04 Å². The molecular formula is C12H17N3. The molecule has 0 fully saturated rings. The Labute approximate surface area is 89.7 Å². The Morgan fingerprint density at radius 3 is 3.00 bits per heavy atom. The van der Waals surface area contributed by atoms with Crippen LogP contribution in [0.25, 0.3) is 11.0 Å². The maximum Gasteiger partial charge on any atom is 0.107 e. The smallest absolute Gasteiger partial charge is 0.107 e. The van der Waals surface area contributed by atoms with Gasteiger partial charge in [0.15, 0.2) is 0 Å². The van der Waals surface area contributed by atoms with E-state index >= 15 is 0 Å². The topological polar surface area (TPSA) is 54.7 Å². The fourth-order valence-electron chi connectivity index (χ4n) is 1.66. The number of aromatic nitrogens is 2. The number of rotatable bonds is 3. The highest BCUT2D eigenvalue weighted by molar-refractivity contribution is 5.75. The Morgan fingerprint density at radius 1 is 1.47 bits per heavy atom. The number of nitrogens with two attached hydrogens (primary N) is 1. The number of hydrogen-bond acceptors (Lipinski definition) is 2. The summed E-state index contributed by atoms with van der Waals surface area (Å²) < 4.78 is 0. The van der Waals surface area contributed by atoms with Crippen LogP contribution < -0.4 is 5.73 Å². The van der Waals surface area contributed by atoms with Gasteiger partial charge in [-0.25, -0.2) is 4.98 Å². The summed E-state index contributed by atoms with van der Waals surface area (Å²) in [4.78, 5) is 7.84. The molecule has 0 aliphatic rings. The SMILES string of the molecule is Cc1ccc2nc(CCC(C)N)[nH]c2c1. The molecule has 3 N–H and O–H groups in total.